The predicted octanol–water partition coefficient (Wildman–Crippen LogP) is 3.17. The third-order valence-corrected chi connectivity index (χ3v) is 4.70. The zero-order chi connectivity index (χ0) is 22.2. The van der Waals surface area contributed by atoms with E-state index >= 15 is 0 Å². The zero-order valence-electron chi connectivity index (χ0n) is 17.5. The van der Waals surface area contributed by atoms with Crippen LogP contribution in [-0.4, -0.2) is 52.8 Å². The average molecular weight is 423 g/mol. The number of nitro groups is 1. The lowest BCUT2D eigenvalue weighted by Gasteiger charge is -2.16. The molecule has 0 radical (unpaired) electrons. The number of carbonyl (C=O) groups excluding carboxylic acids is 1. The number of rotatable bonds is 10. The molecule has 9 heteroatoms. The highest BCUT2D eigenvalue weighted by Crippen LogP contribution is 2.26. The Bertz CT molecular complexity index is 1040. The van der Waals surface area contributed by atoms with Gasteiger partial charge >= 0.3 is 0 Å². The van der Waals surface area contributed by atoms with Crippen molar-refractivity contribution < 1.29 is 14.5 Å². The number of aromatic nitrogens is 2. The Labute approximate surface area is 180 Å². The smallest absolute Gasteiger partial charge is 0.293 e. The molecule has 0 atom stereocenters. The van der Waals surface area contributed by atoms with Crippen LogP contribution in [0.3, 0.4) is 0 Å². The monoisotopic (exact) mass is 423 g/mol. The van der Waals surface area contributed by atoms with Crippen molar-refractivity contribution in [2.45, 2.75) is 13.1 Å². The van der Waals surface area contributed by atoms with Crippen molar-refractivity contribution in [1.29, 1.82) is 0 Å². The molecule has 0 saturated heterocycles. The fourth-order valence-corrected chi connectivity index (χ4v) is 3.16. The van der Waals surface area contributed by atoms with Gasteiger partial charge in [-0.05, 0) is 17.7 Å². The highest BCUT2D eigenvalue weighted by molar-refractivity contribution is 5.95. The standard InChI is InChI=1S/C22H25N5O4/c1-25(14-18-13-24-26(16-18)15-17-6-4-3-5-7-17)22(28)19-8-9-20(23-10-11-31-2)21(12-19)27(29)30/h3-9,12-13,16,23H,10-11,14-15H2,1-2H3. The normalized spacial score (nSPS) is 10.6. The van der Waals surface area contributed by atoms with Gasteiger partial charge in [-0.1, -0.05) is 30.3 Å². The molecule has 0 spiro atoms. The first kappa shape index (κ1) is 22.0. The largest absolute Gasteiger partial charge is 0.383 e. The summed E-state index contributed by atoms with van der Waals surface area (Å²) in [5, 5.41) is 18.7. The van der Waals surface area contributed by atoms with E-state index in [-0.39, 0.29) is 17.2 Å². The minimum atomic E-state index is -0.500. The molecule has 1 aromatic heterocycles. The van der Waals surface area contributed by atoms with Crippen molar-refractivity contribution in [2.24, 2.45) is 0 Å². The van der Waals surface area contributed by atoms with Gasteiger partial charge in [-0.2, -0.15) is 5.10 Å². The molecule has 0 aliphatic heterocycles. The number of carbonyl (C=O) groups is 1. The number of ether oxygens (including phenoxy) is 1. The highest BCUT2D eigenvalue weighted by Gasteiger charge is 2.20. The second kappa shape index (κ2) is 10.4. The number of nitrogens with one attached hydrogen (secondary N) is 1. The third-order valence-electron chi connectivity index (χ3n) is 4.70. The zero-order valence-corrected chi connectivity index (χ0v) is 17.5. The molecule has 1 N–H and O–H groups in total. The summed E-state index contributed by atoms with van der Waals surface area (Å²) in [6, 6.07) is 14.4. The molecular formula is C22H25N5O4. The second-order valence-corrected chi connectivity index (χ2v) is 7.10. The molecule has 31 heavy (non-hydrogen) atoms. The number of benzene rings is 2. The van der Waals surface area contributed by atoms with E-state index in [1.54, 1.807) is 32.5 Å². The quantitative estimate of drug-likeness (QED) is 0.305. The van der Waals surface area contributed by atoms with Crippen LogP contribution in [0.1, 0.15) is 21.5 Å². The lowest BCUT2D eigenvalue weighted by atomic mass is 10.1. The van der Waals surface area contributed by atoms with E-state index in [0.29, 0.717) is 31.9 Å². The Kier molecular flexibility index (Phi) is 7.34. The molecule has 3 rings (SSSR count). The Balaban J connectivity index is 1.67. The van der Waals surface area contributed by atoms with Gasteiger partial charge in [0.1, 0.15) is 5.69 Å². The van der Waals surface area contributed by atoms with Crippen LogP contribution in [-0.2, 0) is 17.8 Å². The van der Waals surface area contributed by atoms with Gasteiger partial charge in [0.25, 0.3) is 11.6 Å². The maximum absolute atomic E-state index is 12.8. The summed E-state index contributed by atoms with van der Waals surface area (Å²) in [5.41, 5.74) is 2.46. The van der Waals surface area contributed by atoms with E-state index in [4.69, 9.17) is 4.74 Å². The summed E-state index contributed by atoms with van der Waals surface area (Å²) in [4.78, 5) is 25.3. The van der Waals surface area contributed by atoms with Gasteiger partial charge in [-0.3, -0.25) is 19.6 Å². The molecule has 0 fully saturated rings. The van der Waals surface area contributed by atoms with Gasteiger partial charge < -0.3 is 15.0 Å². The molecule has 1 amide bonds. The van der Waals surface area contributed by atoms with E-state index < -0.39 is 4.92 Å². The van der Waals surface area contributed by atoms with Gasteiger partial charge in [0.2, 0.25) is 0 Å². The summed E-state index contributed by atoms with van der Waals surface area (Å²) in [5.74, 6) is -0.303. The molecule has 0 bridgehead atoms. The Morgan fingerprint density at radius 3 is 2.71 bits per heavy atom. The fraction of sp³-hybridized carbons (Fsp3) is 0.273. The molecule has 3 aromatic rings. The summed E-state index contributed by atoms with van der Waals surface area (Å²) < 4.78 is 6.76. The Hall–Kier alpha value is -3.72. The lowest BCUT2D eigenvalue weighted by Crippen LogP contribution is -2.26. The highest BCUT2D eigenvalue weighted by atomic mass is 16.6. The van der Waals surface area contributed by atoms with Crippen LogP contribution >= 0.6 is 0 Å². The van der Waals surface area contributed by atoms with E-state index in [1.807, 2.05) is 41.2 Å². The average Bonchev–Trinajstić information content (AvgIpc) is 3.20. The summed E-state index contributed by atoms with van der Waals surface area (Å²) in [6.45, 7) is 1.83. The maximum atomic E-state index is 12.8. The van der Waals surface area contributed by atoms with Crippen LogP contribution in [0.15, 0.2) is 60.9 Å². The van der Waals surface area contributed by atoms with Gasteiger partial charge in [-0.25, -0.2) is 0 Å². The van der Waals surface area contributed by atoms with Crippen molar-refractivity contribution in [3.63, 3.8) is 0 Å². The molecule has 0 aliphatic carbocycles. The van der Waals surface area contributed by atoms with Crippen LogP contribution in [0.2, 0.25) is 0 Å². The van der Waals surface area contributed by atoms with Crippen LogP contribution in [0.4, 0.5) is 11.4 Å². The number of nitrogens with zero attached hydrogens (tertiary/aromatic N) is 4. The Morgan fingerprint density at radius 1 is 1.23 bits per heavy atom. The van der Waals surface area contributed by atoms with Crippen LogP contribution in [0.25, 0.3) is 0 Å². The molecule has 9 nitrogen and oxygen atoms in total. The number of anilines is 1. The summed E-state index contributed by atoms with van der Waals surface area (Å²) in [6.07, 6.45) is 3.61. The van der Waals surface area contributed by atoms with E-state index in [2.05, 4.69) is 10.4 Å². The molecule has 0 saturated carbocycles. The fourth-order valence-electron chi connectivity index (χ4n) is 3.16. The first-order chi connectivity index (χ1) is 15.0. The van der Waals surface area contributed by atoms with Gasteiger partial charge in [0.15, 0.2) is 0 Å². The lowest BCUT2D eigenvalue weighted by molar-refractivity contribution is -0.384. The van der Waals surface area contributed by atoms with E-state index in [0.717, 1.165) is 11.1 Å². The van der Waals surface area contributed by atoms with Gasteiger partial charge in [-0.15, -0.1) is 0 Å². The van der Waals surface area contributed by atoms with Gasteiger partial charge in [0.05, 0.1) is 24.3 Å². The number of methoxy groups -OCH3 is 1. The second-order valence-electron chi connectivity index (χ2n) is 7.10. The van der Waals surface area contributed by atoms with Crippen LogP contribution in [0.5, 0.6) is 0 Å². The topological polar surface area (TPSA) is 103 Å². The number of hydrogen-bond acceptors (Lipinski definition) is 6. The summed E-state index contributed by atoms with van der Waals surface area (Å²) in [7, 11) is 3.21. The minimum absolute atomic E-state index is 0.147. The SMILES string of the molecule is COCCNc1ccc(C(=O)N(C)Cc2cnn(Cc3ccccc3)c2)cc1[N+](=O)[O-]. The summed E-state index contributed by atoms with van der Waals surface area (Å²) >= 11 is 0. The minimum Gasteiger partial charge on any atom is -0.383 e. The van der Waals surface area contributed by atoms with Crippen molar-refractivity contribution in [3.05, 3.63) is 87.7 Å². The number of nitro benzene ring substituents is 1. The predicted molar refractivity (Wildman–Crippen MR) is 117 cm³/mol. The molecule has 2 aromatic carbocycles. The van der Waals surface area contributed by atoms with Crippen molar-refractivity contribution in [1.82, 2.24) is 14.7 Å². The van der Waals surface area contributed by atoms with Crippen LogP contribution in [0, 0.1) is 10.1 Å². The van der Waals surface area contributed by atoms with Crippen molar-refractivity contribution in [2.75, 3.05) is 32.6 Å². The van der Waals surface area contributed by atoms with Crippen molar-refractivity contribution in [3.8, 4) is 0 Å². The molecule has 162 valence electrons. The molecule has 0 unspecified atom stereocenters. The first-order valence-electron chi connectivity index (χ1n) is 9.80. The van der Waals surface area contributed by atoms with E-state index in [1.165, 1.54) is 11.0 Å². The number of amides is 1. The van der Waals surface area contributed by atoms with Crippen molar-refractivity contribution >= 4 is 17.3 Å². The van der Waals surface area contributed by atoms with E-state index in [9.17, 15) is 14.9 Å². The molecular weight excluding hydrogens is 398 g/mol. The number of hydrogen-bond donors (Lipinski definition) is 1. The molecule has 0 aliphatic rings. The van der Waals surface area contributed by atoms with Crippen LogP contribution < -0.4 is 5.32 Å². The first-order valence-corrected chi connectivity index (χ1v) is 9.80. The molecule has 1 heterocycles. The Morgan fingerprint density at radius 2 is 2.00 bits per heavy atom. The van der Waals surface area contributed by atoms with Gasteiger partial charge in [0, 0.05) is 50.6 Å². The maximum Gasteiger partial charge on any atom is 0.293 e. The third kappa shape index (κ3) is 5.89.